The summed E-state index contributed by atoms with van der Waals surface area (Å²) in [6.45, 7) is 3.04. The van der Waals surface area contributed by atoms with E-state index < -0.39 is 20.7 Å². The van der Waals surface area contributed by atoms with Crippen LogP contribution in [0.1, 0.15) is 53.5 Å². The SMILES string of the molecule is CC1(S(=O)(=O)NC(=O)c2c[nH]c(C(=O)N3CCCC3)c2)CC1. The number of aromatic nitrogens is 1. The van der Waals surface area contributed by atoms with Crippen molar-refractivity contribution in [2.45, 2.75) is 37.4 Å². The van der Waals surface area contributed by atoms with Crippen LogP contribution < -0.4 is 4.72 Å². The predicted octanol–water partition coefficient (Wildman–Crippen LogP) is 0.863. The summed E-state index contributed by atoms with van der Waals surface area (Å²) in [5, 5.41) is 0. The molecule has 1 aromatic rings. The molecule has 22 heavy (non-hydrogen) atoms. The Morgan fingerprint density at radius 1 is 1.27 bits per heavy atom. The molecule has 1 aliphatic carbocycles. The molecule has 7 nitrogen and oxygen atoms in total. The highest BCUT2D eigenvalue weighted by molar-refractivity contribution is 7.91. The lowest BCUT2D eigenvalue weighted by atomic mass is 10.3. The molecule has 1 saturated carbocycles. The van der Waals surface area contributed by atoms with Crippen molar-refractivity contribution in [3.63, 3.8) is 0 Å². The molecule has 0 radical (unpaired) electrons. The molecule has 0 bridgehead atoms. The molecule has 2 aliphatic rings. The third kappa shape index (κ3) is 2.63. The van der Waals surface area contributed by atoms with Gasteiger partial charge in [0.15, 0.2) is 0 Å². The summed E-state index contributed by atoms with van der Waals surface area (Å²) in [5.74, 6) is -0.863. The fraction of sp³-hybridized carbons (Fsp3) is 0.571. The molecule has 0 atom stereocenters. The Labute approximate surface area is 129 Å². The third-order valence-electron chi connectivity index (χ3n) is 4.40. The molecule has 2 fully saturated rings. The largest absolute Gasteiger partial charge is 0.356 e. The average Bonchev–Trinajstić information content (AvgIpc) is 2.95. The number of nitrogens with one attached hydrogen (secondary N) is 2. The van der Waals surface area contributed by atoms with Gasteiger partial charge in [-0.3, -0.25) is 9.59 Å². The van der Waals surface area contributed by atoms with Crippen LogP contribution >= 0.6 is 0 Å². The highest BCUT2D eigenvalue weighted by Crippen LogP contribution is 2.42. The van der Waals surface area contributed by atoms with Crippen LogP contribution in [0.5, 0.6) is 0 Å². The van der Waals surface area contributed by atoms with Crippen molar-refractivity contribution in [2.24, 2.45) is 0 Å². The van der Waals surface area contributed by atoms with Crippen LogP contribution in [-0.4, -0.2) is 48.0 Å². The average molecular weight is 325 g/mol. The first kappa shape index (κ1) is 15.1. The van der Waals surface area contributed by atoms with Crippen molar-refractivity contribution in [3.8, 4) is 0 Å². The van der Waals surface area contributed by atoms with E-state index in [0.717, 1.165) is 12.8 Å². The number of nitrogens with zero attached hydrogens (tertiary/aromatic N) is 1. The lowest BCUT2D eigenvalue weighted by molar-refractivity contribution is 0.0787. The van der Waals surface area contributed by atoms with Gasteiger partial charge >= 0.3 is 0 Å². The zero-order valence-corrected chi connectivity index (χ0v) is 13.2. The molecule has 2 amide bonds. The van der Waals surface area contributed by atoms with E-state index in [9.17, 15) is 18.0 Å². The van der Waals surface area contributed by atoms with E-state index in [2.05, 4.69) is 9.71 Å². The second kappa shape index (κ2) is 5.12. The Balaban J connectivity index is 1.70. The van der Waals surface area contributed by atoms with Gasteiger partial charge in [0.2, 0.25) is 10.0 Å². The molecule has 3 rings (SSSR count). The molecule has 0 unspecified atom stereocenters. The summed E-state index contributed by atoms with van der Waals surface area (Å²) < 4.78 is 25.3. The first-order valence-electron chi connectivity index (χ1n) is 7.37. The van der Waals surface area contributed by atoms with Crippen LogP contribution in [0.25, 0.3) is 0 Å². The molecule has 8 heteroatoms. The fourth-order valence-corrected chi connectivity index (χ4v) is 3.74. The van der Waals surface area contributed by atoms with E-state index in [0.29, 0.717) is 31.6 Å². The van der Waals surface area contributed by atoms with Crippen molar-refractivity contribution in [3.05, 3.63) is 23.5 Å². The number of carbonyl (C=O) groups excluding carboxylic acids is 2. The Bertz CT molecular complexity index is 712. The maximum atomic E-state index is 12.2. The number of rotatable bonds is 4. The van der Waals surface area contributed by atoms with Gasteiger partial charge in [-0.25, -0.2) is 13.1 Å². The molecule has 1 aromatic heterocycles. The standard InChI is InChI=1S/C14H19N3O4S/c1-14(4-5-14)22(20,21)16-12(18)10-8-11(15-9-10)13(19)17-6-2-3-7-17/h8-9,15H,2-7H2,1H3,(H,16,18). The van der Waals surface area contributed by atoms with Gasteiger partial charge < -0.3 is 9.88 Å². The van der Waals surface area contributed by atoms with Crippen LogP contribution in [0.4, 0.5) is 0 Å². The Morgan fingerprint density at radius 2 is 1.91 bits per heavy atom. The topological polar surface area (TPSA) is 99.3 Å². The van der Waals surface area contributed by atoms with E-state index in [-0.39, 0.29) is 11.5 Å². The summed E-state index contributed by atoms with van der Waals surface area (Å²) in [7, 11) is -3.67. The molecule has 1 aliphatic heterocycles. The Hall–Kier alpha value is -1.83. The minimum atomic E-state index is -3.67. The second-order valence-corrected chi connectivity index (χ2v) is 8.38. The smallest absolute Gasteiger partial charge is 0.270 e. The first-order valence-corrected chi connectivity index (χ1v) is 8.85. The quantitative estimate of drug-likeness (QED) is 0.857. The normalized spacial score (nSPS) is 20.0. The minimum Gasteiger partial charge on any atom is -0.356 e. The summed E-state index contributed by atoms with van der Waals surface area (Å²) >= 11 is 0. The first-order chi connectivity index (χ1) is 10.3. The Morgan fingerprint density at radius 3 is 2.50 bits per heavy atom. The maximum absolute atomic E-state index is 12.2. The third-order valence-corrected chi connectivity index (χ3v) is 6.56. The van der Waals surface area contributed by atoms with Gasteiger partial charge in [-0.05, 0) is 38.7 Å². The van der Waals surface area contributed by atoms with Gasteiger partial charge in [0.25, 0.3) is 11.8 Å². The monoisotopic (exact) mass is 325 g/mol. The van der Waals surface area contributed by atoms with Gasteiger partial charge in [0, 0.05) is 19.3 Å². The molecular weight excluding hydrogens is 306 g/mol. The van der Waals surface area contributed by atoms with E-state index in [1.807, 2.05) is 0 Å². The number of sulfonamides is 1. The number of likely N-dealkylation sites (tertiary alicyclic amines) is 1. The van der Waals surface area contributed by atoms with Gasteiger partial charge in [-0.15, -0.1) is 0 Å². The van der Waals surface area contributed by atoms with Crippen LogP contribution in [-0.2, 0) is 10.0 Å². The van der Waals surface area contributed by atoms with Gasteiger partial charge in [-0.1, -0.05) is 0 Å². The lowest BCUT2D eigenvalue weighted by Crippen LogP contribution is -2.38. The van der Waals surface area contributed by atoms with Gasteiger partial charge in [0.05, 0.1) is 10.3 Å². The number of hydrogen-bond acceptors (Lipinski definition) is 4. The van der Waals surface area contributed by atoms with E-state index >= 15 is 0 Å². The minimum absolute atomic E-state index is 0.148. The fourth-order valence-electron chi connectivity index (χ4n) is 2.49. The highest BCUT2D eigenvalue weighted by Gasteiger charge is 2.50. The number of carbonyl (C=O) groups is 2. The molecule has 1 saturated heterocycles. The molecule has 120 valence electrons. The Kier molecular flexibility index (Phi) is 3.51. The number of amides is 2. The highest BCUT2D eigenvalue weighted by atomic mass is 32.2. The zero-order valence-electron chi connectivity index (χ0n) is 12.4. The summed E-state index contributed by atoms with van der Waals surface area (Å²) in [5.41, 5.74) is 0.456. The van der Waals surface area contributed by atoms with E-state index in [1.54, 1.807) is 11.8 Å². The van der Waals surface area contributed by atoms with Crippen molar-refractivity contribution in [1.82, 2.24) is 14.6 Å². The van der Waals surface area contributed by atoms with Crippen LogP contribution in [0.15, 0.2) is 12.3 Å². The lowest BCUT2D eigenvalue weighted by Gasteiger charge is -2.13. The summed E-state index contributed by atoms with van der Waals surface area (Å²) in [6, 6.07) is 1.40. The van der Waals surface area contributed by atoms with Crippen molar-refractivity contribution >= 4 is 21.8 Å². The molecule has 2 N–H and O–H groups in total. The second-order valence-electron chi connectivity index (χ2n) is 6.19. The maximum Gasteiger partial charge on any atom is 0.270 e. The van der Waals surface area contributed by atoms with Gasteiger partial charge in [0.1, 0.15) is 5.69 Å². The molecule has 2 heterocycles. The molecule has 0 aromatic carbocycles. The molecular formula is C14H19N3O4S. The van der Waals surface area contributed by atoms with Crippen LogP contribution in [0.3, 0.4) is 0 Å². The summed E-state index contributed by atoms with van der Waals surface area (Å²) in [4.78, 5) is 28.7. The zero-order chi connectivity index (χ0) is 16.0. The van der Waals surface area contributed by atoms with Crippen molar-refractivity contribution in [2.75, 3.05) is 13.1 Å². The van der Waals surface area contributed by atoms with Crippen molar-refractivity contribution < 1.29 is 18.0 Å². The number of H-pyrrole nitrogens is 1. The van der Waals surface area contributed by atoms with Crippen LogP contribution in [0, 0.1) is 0 Å². The predicted molar refractivity (Wildman–Crippen MR) is 80.0 cm³/mol. The molecule has 0 spiro atoms. The summed E-state index contributed by atoms with van der Waals surface area (Å²) in [6.07, 6.45) is 4.44. The van der Waals surface area contributed by atoms with Crippen molar-refractivity contribution in [1.29, 1.82) is 0 Å². The van der Waals surface area contributed by atoms with E-state index in [4.69, 9.17) is 0 Å². The van der Waals surface area contributed by atoms with Gasteiger partial charge in [-0.2, -0.15) is 0 Å². The van der Waals surface area contributed by atoms with Crippen LogP contribution in [0.2, 0.25) is 0 Å². The number of aromatic amines is 1. The van der Waals surface area contributed by atoms with E-state index in [1.165, 1.54) is 12.3 Å². The number of hydrogen-bond donors (Lipinski definition) is 2.